The molecule has 1 aliphatic heterocycles. The monoisotopic (exact) mass is 277 g/mol. The van der Waals surface area contributed by atoms with Crippen LogP contribution in [-0.2, 0) is 13.7 Å². The zero-order valence-electron chi connectivity index (χ0n) is 10.6. The van der Waals surface area contributed by atoms with Crippen LogP contribution in [0.5, 0.6) is 17.2 Å². The van der Waals surface area contributed by atoms with Gasteiger partial charge in [0, 0.05) is 19.2 Å². The molecule has 0 unspecified atom stereocenters. The summed E-state index contributed by atoms with van der Waals surface area (Å²) in [6, 6.07) is 2.89. The lowest BCUT2D eigenvalue weighted by molar-refractivity contribution is 0.0691. The van der Waals surface area contributed by atoms with Gasteiger partial charge in [0.15, 0.2) is 17.3 Å². The lowest BCUT2D eigenvalue weighted by Gasteiger charge is -2.09. The van der Waals surface area contributed by atoms with Crippen molar-refractivity contribution in [3.05, 3.63) is 29.8 Å². The number of hydrogen-bond donors (Lipinski definition) is 1. The normalized spacial score (nSPS) is 12.4. The largest absolute Gasteiger partial charge is 0.485 e. The van der Waals surface area contributed by atoms with E-state index in [1.54, 1.807) is 11.6 Å². The van der Waals surface area contributed by atoms with Crippen LogP contribution in [-0.4, -0.2) is 32.6 Å². The van der Waals surface area contributed by atoms with Crippen molar-refractivity contribution in [2.75, 3.05) is 6.79 Å². The second-order valence-electron chi connectivity index (χ2n) is 4.15. The van der Waals surface area contributed by atoms with Crippen LogP contribution in [0.25, 0.3) is 0 Å². The van der Waals surface area contributed by atoms with Crippen LogP contribution in [0, 0.1) is 0 Å². The van der Waals surface area contributed by atoms with Gasteiger partial charge < -0.3 is 23.9 Å². The Bertz CT molecular complexity index is 667. The summed E-state index contributed by atoms with van der Waals surface area (Å²) in [5, 5.41) is 16.8. The van der Waals surface area contributed by atoms with E-state index in [9.17, 15) is 9.90 Å². The number of carboxylic acid groups (broad SMARTS) is 1. The van der Waals surface area contributed by atoms with Crippen LogP contribution >= 0.6 is 0 Å². The molecule has 8 heteroatoms. The number of carboxylic acids is 1. The average Bonchev–Trinajstić information content (AvgIpc) is 3.03. The minimum atomic E-state index is -1.10. The first-order valence-corrected chi connectivity index (χ1v) is 5.78. The van der Waals surface area contributed by atoms with Crippen molar-refractivity contribution in [1.82, 2.24) is 14.8 Å². The highest BCUT2D eigenvalue weighted by Crippen LogP contribution is 2.38. The Hall–Kier alpha value is -2.77. The fraction of sp³-hybridized carbons (Fsp3) is 0.250. The maximum Gasteiger partial charge on any atom is 0.339 e. The van der Waals surface area contributed by atoms with Crippen molar-refractivity contribution >= 4 is 5.97 Å². The van der Waals surface area contributed by atoms with Crippen molar-refractivity contribution in [2.45, 2.75) is 6.61 Å². The highest BCUT2D eigenvalue weighted by molar-refractivity contribution is 5.92. The van der Waals surface area contributed by atoms with Gasteiger partial charge in [-0.25, -0.2) is 4.79 Å². The molecule has 0 radical (unpaired) electrons. The highest BCUT2D eigenvalue weighted by Gasteiger charge is 2.21. The minimum absolute atomic E-state index is 0.0106. The van der Waals surface area contributed by atoms with E-state index in [0.29, 0.717) is 17.3 Å². The third-order valence-electron chi connectivity index (χ3n) is 2.87. The number of ether oxygens (including phenoxy) is 3. The molecule has 1 aromatic carbocycles. The van der Waals surface area contributed by atoms with Gasteiger partial charge in [0.05, 0.1) is 0 Å². The van der Waals surface area contributed by atoms with Crippen LogP contribution in [0.2, 0.25) is 0 Å². The quantitative estimate of drug-likeness (QED) is 0.883. The lowest BCUT2D eigenvalue weighted by atomic mass is 10.2. The maximum absolute atomic E-state index is 11.2. The summed E-state index contributed by atoms with van der Waals surface area (Å²) >= 11 is 0. The first-order chi connectivity index (χ1) is 9.65. The van der Waals surface area contributed by atoms with Gasteiger partial charge >= 0.3 is 5.97 Å². The second-order valence-corrected chi connectivity index (χ2v) is 4.15. The lowest BCUT2D eigenvalue weighted by Crippen LogP contribution is -2.06. The Morgan fingerprint density at radius 1 is 1.45 bits per heavy atom. The van der Waals surface area contributed by atoms with E-state index >= 15 is 0 Å². The summed E-state index contributed by atoms with van der Waals surface area (Å²) < 4.78 is 17.5. The van der Waals surface area contributed by atoms with Crippen molar-refractivity contribution in [2.24, 2.45) is 7.05 Å². The van der Waals surface area contributed by atoms with Gasteiger partial charge in [0.1, 0.15) is 24.2 Å². The van der Waals surface area contributed by atoms with Gasteiger partial charge in [-0.05, 0) is 0 Å². The standard InChI is InChI=1S/C12H11N3O5/c1-15-5-13-14-11(15)4-18-8-3-10-9(19-6-20-10)2-7(8)12(16)17/h2-3,5H,4,6H2,1H3,(H,16,17). The Labute approximate surface area is 113 Å². The molecule has 1 aromatic heterocycles. The minimum Gasteiger partial charge on any atom is -0.485 e. The molecule has 3 rings (SSSR count). The van der Waals surface area contributed by atoms with Crippen LogP contribution < -0.4 is 14.2 Å². The number of rotatable bonds is 4. The molecule has 8 nitrogen and oxygen atoms in total. The summed E-state index contributed by atoms with van der Waals surface area (Å²) in [5.74, 6) is 0.538. The number of fused-ring (bicyclic) bond motifs is 1. The number of hydrogen-bond acceptors (Lipinski definition) is 6. The number of aromatic nitrogens is 3. The molecule has 2 aromatic rings. The molecule has 0 aliphatic carbocycles. The topological polar surface area (TPSA) is 95.7 Å². The van der Waals surface area contributed by atoms with E-state index in [4.69, 9.17) is 14.2 Å². The summed E-state index contributed by atoms with van der Waals surface area (Å²) in [6.45, 7) is 0.178. The van der Waals surface area contributed by atoms with E-state index in [1.807, 2.05) is 0 Å². The molecule has 0 atom stereocenters. The molecule has 0 bridgehead atoms. The smallest absolute Gasteiger partial charge is 0.339 e. The molecule has 0 saturated carbocycles. The molecule has 104 valence electrons. The van der Waals surface area contributed by atoms with Gasteiger partial charge in [0.2, 0.25) is 6.79 Å². The fourth-order valence-corrected chi connectivity index (χ4v) is 1.79. The van der Waals surface area contributed by atoms with Crippen molar-refractivity contribution in [1.29, 1.82) is 0 Å². The molecule has 0 saturated heterocycles. The van der Waals surface area contributed by atoms with Gasteiger partial charge in [-0.15, -0.1) is 10.2 Å². The van der Waals surface area contributed by atoms with Gasteiger partial charge in [-0.1, -0.05) is 0 Å². The zero-order valence-corrected chi connectivity index (χ0v) is 10.6. The van der Waals surface area contributed by atoms with E-state index in [1.165, 1.54) is 18.5 Å². The summed E-state index contributed by atoms with van der Waals surface area (Å²) in [5.41, 5.74) is 0.0106. The van der Waals surface area contributed by atoms with E-state index in [2.05, 4.69) is 10.2 Å². The third kappa shape index (κ3) is 2.11. The predicted molar refractivity (Wildman–Crippen MR) is 64.9 cm³/mol. The Balaban J connectivity index is 1.88. The molecule has 1 aliphatic rings. The molecule has 1 N–H and O–H groups in total. The Kier molecular flexibility index (Phi) is 2.90. The van der Waals surface area contributed by atoms with E-state index in [0.717, 1.165) is 0 Å². The summed E-state index contributed by atoms with van der Waals surface area (Å²) in [4.78, 5) is 11.2. The molecule has 0 spiro atoms. The number of aryl methyl sites for hydroxylation is 1. The molecule has 2 heterocycles. The first-order valence-electron chi connectivity index (χ1n) is 5.78. The van der Waals surface area contributed by atoms with Crippen molar-refractivity contribution in [3.63, 3.8) is 0 Å². The fourth-order valence-electron chi connectivity index (χ4n) is 1.79. The van der Waals surface area contributed by atoms with Crippen LogP contribution in [0.1, 0.15) is 16.2 Å². The predicted octanol–water partition coefficient (Wildman–Crippen LogP) is 0.821. The molecular weight excluding hydrogens is 266 g/mol. The molecular formula is C12H11N3O5. The van der Waals surface area contributed by atoms with Crippen molar-refractivity contribution in [3.8, 4) is 17.2 Å². The third-order valence-corrected chi connectivity index (χ3v) is 2.87. The summed E-state index contributed by atoms with van der Waals surface area (Å²) in [6.07, 6.45) is 1.54. The Morgan fingerprint density at radius 2 is 2.20 bits per heavy atom. The zero-order chi connectivity index (χ0) is 14.1. The second kappa shape index (κ2) is 4.72. The maximum atomic E-state index is 11.2. The molecule has 0 amide bonds. The van der Waals surface area contributed by atoms with E-state index in [-0.39, 0.29) is 24.7 Å². The Morgan fingerprint density at radius 3 is 2.85 bits per heavy atom. The highest BCUT2D eigenvalue weighted by atomic mass is 16.7. The van der Waals surface area contributed by atoms with Gasteiger partial charge in [0.25, 0.3) is 0 Å². The van der Waals surface area contributed by atoms with E-state index < -0.39 is 5.97 Å². The number of nitrogens with zero attached hydrogens (tertiary/aromatic N) is 3. The number of carbonyl (C=O) groups is 1. The number of benzene rings is 1. The SMILES string of the molecule is Cn1cnnc1COc1cc2c(cc1C(=O)O)OCO2. The first kappa shape index (κ1) is 12.3. The average molecular weight is 277 g/mol. The van der Waals surface area contributed by atoms with Crippen LogP contribution in [0.4, 0.5) is 0 Å². The molecule has 20 heavy (non-hydrogen) atoms. The van der Waals surface area contributed by atoms with Gasteiger partial charge in [-0.3, -0.25) is 0 Å². The number of aromatic carboxylic acids is 1. The molecule has 0 fully saturated rings. The summed E-state index contributed by atoms with van der Waals surface area (Å²) in [7, 11) is 1.77. The van der Waals surface area contributed by atoms with Crippen LogP contribution in [0.3, 0.4) is 0 Å². The van der Waals surface area contributed by atoms with Gasteiger partial charge in [-0.2, -0.15) is 0 Å². The van der Waals surface area contributed by atoms with Crippen LogP contribution in [0.15, 0.2) is 18.5 Å². The van der Waals surface area contributed by atoms with Crippen molar-refractivity contribution < 1.29 is 24.1 Å².